The summed E-state index contributed by atoms with van der Waals surface area (Å²) in [5, 5.41) is 0. The van der Waals surface area contributed by atoms with Crippen LogP contribution in [0.15, 0.2) is 70.6 Å². The van der Waals surface area contributed by atoms with Gasteiger partial charge in [-0.1, -0.05) is 60.8 Å². The molecule has 6 heteroatoms. The van der Waals surface area contributed by atoms with Gasteiger partial charge in [0.25, 0.3) is 0 Å². The number of para-hydroxylation sites is 2. The summed E-state index contributed by atoms with van der Waals surface area (Å²) in [4.78, 5) is 9.76. The highest BCUT2D eigenvalue weighted by Gasteiger charge is 2.30. The molecular weight excluding hydrogens is 445 g/mol. The van der Waals surface area contributed by atoms with Gasteiger partial charge in [-0.15, -0.1) is 0 Å². The number of nitrogens with zero attached hydrogens (tertiary/aromatic N) is 2. The molecule has 30 heavy (non-hydrogen) atoms. The average Bonchev–Trinajstić information content (AvgIpc) is 3.43. The lowest BCUT2D eigenvalue weighted by Crippen LogP contribution is -2.16. The molecule has 0 spiro atoms. The van der Waals surface area contributed by atoms with Crippen LogP contribution in [0.25, 0.3) is 0 Å². The third-order valence-corrected chi connectivity index (χ3v) is 9.50. The zero-order chi connectivity index (χ0) is 20.8. The van der Waals surface area contributed by atoms with E-state index in [1.165, 1.54) is 11.4 Å². The number of hydrogen-bond donors (Lipinski definition) is 0. The van der Waals surface area contributed by atoms with Gasteiger partial charge in [-0.05, 0) is 84.4 Å². The van der Waals surface area contributed by atoms with Crippen LogP contribution in [0.4, 0.5) is 11.4 Å². The second kappa shape index (κ2) is 10.8. The molecule has 0 aromatic heterocycles. The first kappa shape index (κ1) is 21.9. The highest BCUT2D eigenvalue weighted by molar-refractivity contribution is 8.89. The Morgan fingerprint density at radius 1 is 0.667 bits per heavy atom. The van der Waals surface area contributed by atoms with E-state index in [4.69, 9.17) is 34.4 Å². The molecule has 2 saturated carbocycles. The lowest BCUT2D eigenvalue weighted by Gasteiger charge is -2.15. The Morgan fingerprint density at radius 2 is 1.07 bits per heavy atom. The fourth-order valence-electron chi connectivity index (χ4n) is 3.97. The molecule has 2 aliphatic carbocycles. The molecule has 2 aromatic rings. The second-order valence-corrected chi connectivity index (χ2v) is 11.2. The molecule has 2 aromatic carbocycles. The van der Waals surface area contributed by atoms with Crippen molar-refractivity contribution in [2.75, 3.05) is 0 Å². The van der Waals surface area contributed by atoms with E-state index in [2.05, 4.69) is 24.3 Å². The van der Waals surface area contributed by atoms with Gasteiger partial charge in [0, 0.05) is 23.3 Å². The summed E-state index contributed by atoms with van der Waals surface area (Å²) in [7, 11) is 3.32. The van der Waals surface area contributed by atoms with Crippen molar-refractivity contribution >= 4 is 77.2 Å². The molecule has 4 rings (SSSR count). The quantitative estimate of drug-likeness (QED) is 0.334. The first-order valence-corrected chi connectivity index (χ1v) is 13.3. The molecule has 0 bridgehead atoms. The minimum atomic E-state index is 0.279. The van der Waals surface area contributed by atoms with Gasteiger partial charge in [-0.2, -0.15) is 0 Å². The van der Waals surface area contributed by atoms with Gasteiger partial charge in [0.15, 0.2) is 0 Å². The smallest absolute Gasteiger partial charge is 0.0677 e. The van der Waals surface area contributed by atoms with E-state index in [-0.39, 0.29) is 11.8 Å². The van der Waals surface area contributed by atoms with Gasteiger partial charge >= 0.3 is 0 Å². The van der Waals surface area contributed by atoms with Crippen molar-refractivity contribution in [2.45, 2.75) is 38.5 Å². The van der Waals surface area contributed by atoms with Crippen LogP contribution in [0.2, 0.25) is 0 Å². The van der Waals surface area contributed by atoms with Gasteiger partial charge in [-0.3, -0.25) is 9.98 Å². The van der Waals surface area contributed by atoms with Crippen molar-refractivity contribution in [3.8, 4) is 0 Å². The monoisotopic (exact) mass is 468 g/mol. The molecule has 0 amide bonds. The minimum Gasteiger partial charge on any atom is -0.257 e. The SMILES string of the molecule is S=C(SSC(=S)C1CCCC1=Nc1ccccc1)C1CCCC1=Nc1ccccc1. The van der Waals surface area contributed by atoms with Crippen molar-refractivity contribution < 1.29 is 0 Å². The molecule has 0 N–H and O–H groups in total. The number of thiocarbonyl (C=S) groups is 2. The summed E-state index contributed by atoms with van der Waals surface area (Å²) in [5.74, 6) is 0.558. The highest BCUT2D eigenvalue weighted by Crippen LogP contribution is 2.39. The van der Waals surface area contributed by atoms with Crippen molar-refractivity contribution in [3.63, 3.8) is 0 Å². The van der Waals surface area contributed by atoms with Crippen LogP contribution in [0, 0.1) is 11.8 Å². The Bertz CT molecular complexity index is 874. The zero-order valence-corrected chi connectivity index (χ0v) is 20.0. The molecule has 2 aliphatic rings. The van der Waals surface area contributed by atoms with Crippen LogP contribution in [-0.2, 0) is 0 Å². The van der Waals surface area contributed by atoms with Gasteiger partial charge in [0.2, 0.25) is 0 Å². The lowest BCUT2D eigenvalue weighted by atomic mass is 10.1. The fraction of sp³-hybridized carbons (Fsp3) is 0.333. The summed E-state index contributed by atoms with van der Waals surface area (Å²) in [6, 6.07) is 20.4. The molecular formula is C24H24N2S4. The first-order valence-electron chi connectivity index (χ1n) is 10.4. The molecule has 2 nitrogen and oxygen atoms in total. The van der Waals surface area contributed by atoms with Crippen molar-refractivity contribution in [1.82, 2.24) is 0 Å². The van der Waals surface area contributed by atoms with Crippen LogP contribution < -0.4 is 0 Å². The first-order chi connectivity index (χ1) is 14.7. The van der Waals surface area contributed by atoms with Crippen LogP contribution in [-0.4, -0.2) is 19.8 Å². The summed E-state index contributed by atoms with van der Waals surface area (Å²) in [6.07, 6.45) is 6.56. The molecule has 0 saturated heterocycles. The maximum absolute atomic E-state index is 5.81. The largest absolute Gasteiger partial charge is 0.257 e. The number of rotatable bonds is 4. The molecule has 0 radical (unpaired) electrons. The Balaban J connectivity index is 1.37. The number of benzene rings is 2. The zero-order valence-electron chi connectivity index (χ0n) is 16.7. The average molecular weight is 469 g/mol. The van der Waals surface area contributed by atoms with Gasteiger partial charge in [0.05, 0.1) is 19.8 Å². The lowest BCUT2D eigenvalue weighted by molar-refractivity contribution is 0.825. The van der Waals surface area contributed by atoms with E-state index in [9.17, 15) is 0 Å². The predicted molar refractivity (Wildman–Crippen MR) is 142 cm³/mol. The topological polar surface area (TPSA) is 24.7 Å². The molecule has 154 valence electrons. The van der Waals surface area contributed by atoms with E-state index >= 15 is 0 Å². The standard InChI is InChI=1S/C24H24N2S4/c27-23(19-13-7-15-21(19)25-17-9-3-1-4-10-17)29-30-24(28)20-14-8-16-22(20)26-18-11-5-2-6-12-18/h1-6,9-12,19-20H,7-8,13-16H2. The van der Waals surface area contributed by atoms with E-state index < -0.39 is 0 Å². The van der Waals surface area contributed by atoms with Gasteiger partial charge in [0.1, 0.15) is 0 Å². The van der Waals surface area contributed by atoms with Crippen molar-refractivity contribution in [3.05, 3.63) is 60.7 Å². The van der Waals surface area contributed by atoms with E-state index in [0.29, 0.717) is 0 Å². The van der Waals surface area contributed by atoms with Crippen LogP contribution >= 0.6 is 46.0 Å². The highest BCUT2D eigenvalue weighted by atomic mass is 33.1. The van der Waals surface area contributed by atoms with Crippen molar-refractivity contribution in [2.24, 2.45) is 21.8 Å². The normalized spacial score (nSPS) is 23.9. The summed E-state index contributed by atoms with van der Waals surface area (Å²) in [6.45, 7) is 0. The Labute approximate surface area is 197 Å². The Hall–Kier alpha value is -1.34. The van der Waals surface area contributed by atoms with Crippen LogP contribution in [0.3, 0.4) is 0 Å². The Kier molecular flexibility index (Phi) is 7.88. The van der Waals surface area contributed by atoms with E-state index in [0.717, 1.165) is 58.3 Å². The summed E-state index contributed by atoms with van der Waals surface area (Å²) in [5.41, 5.74) is 4.47. The third-order valence-electron chi connectivity index (χ3n) is 5.49. The van der Waals surface area contributed by atoms with Gasteiger partial charge < -0.3 is 0 Å². The van der Waals surface area contributed by atoms with E-state index in [1.54, 1.807) is 21.6 Å². The summed E-state index contributed by atoms with van der Waals surface area (Å²) >= 11 is 11.6. The molecule has 2 atom stereocenters. The number of hydrogen-bond acceptors (Lipinski definition) is 6. The Morgan fingerprint density at radius 3 is 1.47 bits per heavy atom. The van der Waals surface area contributed by atoms with Crippen LogP contribution in [0.1, 0.15) is 38.5 Å². The van der Waals surface area contributed by atoms with Crippen LogP contribution in [0.5, 0.6) is 0 Å². The van der Waals surface area contributed by atoms with Crippen molar-refractivity contribution in [1.29, 1.82) is 0 Å². The molecule has 0 heterocycles. The number of aliphatic imine (C=N–C) groups is 2. The maximum Gasteiger partial charge on any atom is 0.0677 e. The summed E-state index contributed by atoms with van der Waals surface area (Å²) < 4.78 is 2.02. The maximum atomic E-state index is 5.81. The molecule has 2 fully saturated rings. The molecule has 0 aliphatic heterocycles. The fourth-order valence-corrected chi connectivity index (χ4v) is 7.18. The third kappa shape index (κ3) is 5.67. The van der Waals surface area contributed by atoms with Gasteiger partial charge in [-0.25, -0.2) is 0 Å². The molecule has 2 unspecified atom stereocenters. The van der Waals surface area contributed by atoms with E-state index in [1.807, 2.05) is 36.4 Å². The second-order valence-electron chi connectivity index (χ2n) is 7.57. The predicted octanol–water partition coefficient (Wildman–Crippen LogP) is 8.17. The minimum absolute atomic E-state index is 0.279.